The molecule has 0 bridgehead atoms. The summed E-state index contributed by atoms with van der Waals surface area (Å²) >= 11 is 0. The molecular formula is C22H36O5. The molecule has 154 valence electrons. The number of carbonyl (C=O) groups excluding carboxylic acids is 1. The van der Waals surface area contributed by atoms with Crippen LogP contribution in [-0.4, -0.2) is 39.3 Å². The molecule has 1 fully saturated rings. The van der Waals surface area contributed by atoms with E-state index in [0.29, 0.717) is 25.7 Å². The summed E-state index contributed by atoms with van der Waals surface area (Å²) < 4.78 is 0. The lowest BCUT2D eigenvalue weighted by Crippen LogP contribution is -2.18. The van der Waals surface area contributed by atoms with Gasteiger partial charge in [0.2, 0.25) is 0 Å². The van der Waals surface area contributed by atoms with Crippen molar-refractivity contribution in [1.82, 2.24) is 0 Å². The molecule has 0 aromatic rings. The number of carboxylic acids is 1. The highest BCUT2D eigenvalue weighted by Crippen LogP contribution is 2.33. The number of aliphatic hydroxyl groups is 2. The van der Waals surface area contributed by atoms with Crippen LogP contribution in [0.25, 0.3) is 0 Å². The molecule has 4 atom stereocenters. The molecule has 0 heterocycles. The lowest BCUT2D eigenvalue weighted by molar-refractivity contribution is -0.137. The Morgan fingerprint density at radius 2 is 1.96 bits per heavy atom. The van der Waals surface area contributed by atoms with E-state index in [1.165, 1.54) is 12.8 Å². The van der Waals surface area contributed by atoms with Gasteiger partial charge in [0, 0.05) is 24.7 Å². The normalized spacial score (nSPS) is 24.3. The van der Waals surface area contributed by atoms with Crippen molar-refractivity contribution in [3.8, 4) is 0 Å². The number of aliphatic hydroxyl groups excluding tert-OH is 2. The summed E-state index contributed by atoms with van der Waals surface area (Å²) in [5.74, 6) is -1.15. The SMILES string of the molecule is CCCCCCC(O)C/C=C/[C@H]1[C@H](O)CC(=O)[C@@H]1C/C=C\CCCC(=O)O. The summed E-state index contributed by atoms with van der Waals surface area (Å²) in [6, 6.07) is 0. The second-order valence-corrected chi connectivity index (χ2v) is 7.58. The second kappa shape index (κ2) is 13.7. The Bertz CT molecular complexity index is 497. The first-order chi connectivity index (χ1) is 13.0. The molecule has 5 nitrogen and oxygen atoms in total. The van der Waals surface area contributed by atoms with Gasteiger partial charge in [0.25, 0.3) is 0 Å². The topological polar surface area (TPSA) is 94.8 Å². The molecule has 0 radical (unpaired) electrons. The van der Waals surface area contributed by atoms with Crippen LogP contribution in [0, 0.1) is 11.8 Å². The van der Waals surface area contributed by atoms with Gasteiger partial charge in [-0.2, -0.15) is 0 Å². The predicted octanol–water partition coefficient (Wildman–Crippen LogP) is 4.03. The van der Waals surface area contributed by atoms with E-state index in [2.05, 4.69) is 6.92 Å². The highest BCUT2D eigenvalue weighted by atomic mass is 16.4. The molecule has 0 aliphatic heterocycles. The van der Waals surface area contributed by atoms with Crippen LogP contribution in [-0.2, 0) is 9.59 Å². The van der Waals surface area contributed by atoms with Crippen molar-refractivity contribution in [2.75, 3.05) is 0 Å². The van der Waals surface area contributed by atoms with Crippen molar-refractivity contribution in [3.63, 3.8) is 0 Å². The Hall–Kier alpha value is -1.46. The zero-order valence-electron chi connectivity index (χ0n) is 16.6. The molecule has 1 aliphatic carbocycles. The quantitative estimate of drug-likeness (QED) is 0.312. The molecule has 0 amide bonds. The average molecular weight is 381 g/mol. The molecule has 27 heavy (non-hydrogen) atoms. The largest absolute Gasteiger partial charge is 0.481 e. The number of carbonyl (C=O) groups is 2. The Kier molecular flexibility index (Phi) is 11.9. The summed E-state index contributed by atoms with van der Waals surface area (Å²) in [5.41, 5.74) is 0. The highest BCUT2D eigenvalue weighted by Gasteiger charge is 2.38. The number of unbranched alkanes of at least 4 members (excludes halogenated alkanes) is 4. The number of hydrogen-bond acceptors (Lipinski definition) is 4. The minimum atomic E-state index is -0.796. The van der Waals surface area contributed by atoms with Gasteiger partial charge in [-0.25, -0.2) is 0 Å². The summed E-state index contributed by atoms with van der Waals surface area (Å²) in [6.45, 7) is 2.16. The van der Waals surface area contributed by atoms with E-state index in [4.69, 9.17) is 5.11 Å². The van der Waals surface area contributed by atoms with Crippen LogP contribution in [0.4, 0.5) is 0 Å². The van der Waals surface area contributed by atoms with Crippen LogP contribution < -0.4 is 0 Å². The van der Waals surface area contributed by atoms with Crippen molar-refractivity contribution < 1.29 is 24.9 Å². The van der Waals surface area contributed by atoms with Gasteiger partial charge < -0.3 is 15.3 Å². The van der Waals surface area contributed by atoms with Crippen molar-refractivity contribution in [2.24, 2.45) is 11.8 Å². The molecule has 1 unspecified atom stereocenters. The van der Waals surface area contributed by atoms with Crippen LogP contribution in [0.1, 0.15) is 77.6 Å². The van der Waals surface area contributed by atoms with Crippen LogP contribution in [0.5, 0.6) is 0 Å². The number of hydrogen-bond donors (Lipinski definition) is 3. The van der Waals surface area contributed by atoms with Crippen molar-refractivity contribution in [3.05, 3.63) is 24.3 Å². The molecule has 5 heteroatoms. The van der Waals surface area contributed by atoms with Crippen LogP contribution >= 0.6 is 0 Å². The standard InChI is InChI=1S/C22H36O5/c1-2-3-4-7-11-17(23)12-10-14-19-18(20(24)16-21(19)25)13-8-5-6-9-15-22(26)27/h5,8,10,14,17-19,21,23,25H,2-4,6-7,9,11-13,15-16H2,1H3,(H,26,27)/b8-5-,14-10+/t17?,18-,19-,21-/m1/s1. The molecule has 0 aromatic heterocycles. The maximum atomic E-state index is 12.1. The van der Waals surface area contributed by atoms with Gasteiger partial charge in [-0.1, -0.05) is 56.9 Å². The number of Topliss-reactive ketones (excluding diaryl/α,β-unsaturated/α-hetero) is 1. The third-order valence-corrected chi connectivity index (χ3v) is 5.21. The fourth-order valence-corrected chi connectivity index (χ4v) is 3.58. The highest BCUT2D eigenvalue weighted by molar-refractivity contribution is 5.84. The van der Waals surface area contributed by atoms with E-state index < -0.39 is 12.1 Å². The average Bonchev–Trinajstić information content (AvgIpc) is 2.88. The van der Waals surface area contributed by atoms with Crippen LogP contribution in [0.2, 0.25) is 0 Å². The van der Waals surface area contributed by atoms with E-state index in [1.54, 1.807) is 0 Å². The molecule has 1 saturated carbocycles. The van der Waals surface area contributed by atoms with Gasteiger partial charge in [-0.15, -0.1) is 0 Å². The maximum absolute atomic E-state index is 12.1. The van der Waals surface area contributed by atoms with Crippen LogP contribution in [0.3, 0.4) is 0 Å². The van der Waals surface area contributed by atoms with E-state index in [9.17, 15) is 19.8 Å². The van der Waals surface area contributed by atoms with Gasteiger partial charge in [0.1, 0.15) is 5.78 Å². The summed E-state index contributed by atoms with van der Waals surface area (Å²) in [7, 11) is 0. The van der Waals surface area contributed by atoms with E-state index in [-0.39, 0.29) is 36.6 Å². The van der Waals surface area contributed by atoms with Gasteiger partial charge in [0.15, 0.2) is 0 Å². The fraction of sp³-hybridized carbons (Fsp3) is 0.727. The molecule has 1 rings (SSSR count). The smallest absolute Gasteiger partial charge is 0.303 e. The molecule has 3 N–H and O–H groups in total. The zero-order valence-corrected chi connectivity index (χ0v) is 16.6. The monoisotopic (exact) mass is 380 g/mol. The number of allylic oxidation sites excluding steroid dienone is 2. The maximum Gasteiger partial charge on any atom is 0.303 e. The Labute approximate surface area is 163 Å². The lowest BCUT2D eigenvalue weighted by atomic mass is 9.90. The van der Waals surface area contributed by atoms with E-state index >= 15 is 0 Å². The molecule has 0 spiro atoms. The summed E-state index contributed by atoms with van der Waals surface area (Å²) in [4.78, 5) is 22.6. The predicted molar refractivity (Wildman–Crippen MR) is 106 cm³/mol. The Morgan fingerprint density at radius 1 is 1.19 bits per heavy atom. The van der Waals surface area contributed by atoms with E-state index in [1.807, 2.05) is 24.3 Å². The zero-order chi connectivity index (χ0) is 20.1. The summed E-state index contributed by atoms with van der Waals surface area (Å²) in [5, 5.41) is 28.8. The van der Waals surface area contributed by atoms with Crippen molar-refractivity contribution >= 4 is 11.8 Å². The van der Waals surface area contributed by atoms with Gasteiger partial charge in [-0.3, -0.25) is 9.59 Å². The number of ketones is 1. The minimum absolute atomic E-state index is 0.0763. The van der Waals surface area contributed by atoms with Gasteiger partial charge in [0.05, 0.1) is 12.2 Å². The first-order valence-corrected chi connectivity index (χ1v) is 10.4. The number of carboxylic acid groups (broad SMARTS) is 1. The molecular weight excluding hydrogens is 344 g/mol. The first-order valence-electron chi connectivity index (χ1n) is 10.4. The van der Waals surface area contributed by atoms with Crippen molar-refractivity contribution in [1.29, 1.82) is 0 Å². The van der Waals surface area contributed by atoms with Gasteiger partial charge in [-0.05, 0) is 32.1 Å². The summed E-state index contributed by atoms with van der Waals surface area (Å²) in [6.07, 6.45) is 14.7. The molecule has 0 saturated heterocycles. The Morgan fingerprint density at radius 3 is 2.67 bits per heavy atom. The molecule has 0 aromatic carbocycles. The molecule has 1 aliphatic rings. The van der Waals surface area contributed by atoms with Gasteiger partial charge >= 0.3 is 5.97 Å². The van der Waals surface area contributed by atoms with Crippen molar-refractivity contribution in [2.45, 2.75) is 89.8 Å². The lowest BCUT2D eigenvalue weighted by Gasteiger charge is -2.16. The second-order valence-electron chi connectivity index (χ2n) is 7.58. The van der Waals surface area contributed by atoms with E-state index in [0.717, 1.165) is 19.3 Å². The Balaban J connectivity index is 2.40. The number of rotatable bonds is 14. The minimum Gasteiger partial charge on any atom is -0.481 e. The third kappa shape index (κ3) is 9.87. The fourth-order valence-electron chi connectivity index (χ4n) is 3.58. The van der Waals surface area contributed by atoms with Crippen LogP contribution in [0.15, 0.2) is 24.3 Å². The number of aliphatic carboxylic acids is 1. The first kappa shape index (κ1) is 23.6. The third-order valence-electron chi connectivity index (χ3n) is 5.21.